The Kier molecular flexibility index (Phi) is 6.27. The zero-order valence-corrected chi connectivity index (χ0v) is 8.32. The molecular formula is C13H18O2. The van der Waals surface area contributed by atoms with Crippen LogP contribution in [-0.4, -0.2) is 12.1 Å². The zero-order chi connectivity index (χ0) is 10.4. The Labute approximate surface area is 91.3 Å². The third-order valence-electron chi connectivity index (χ3n) is 2.17. The maximum absolute atomic E-state index is 11.4. The second kappa shape index (κ2) is 6.93. The number of benzene rings is 1. The number of hydrogen-bond acceptors (Lipinski definition) is 2. The lowest BCUT2D eigenvalue weighted by Gasteiger charge is -2.00. The predicted molar refractivity (Wildman–Crippen MR) is 62.2 cm³/mol. The van der Waals surface area contributed by atoms with Crippen molar-refractivity contribution in [1.82, 2.24) is 0 Å². The molecule has 0 bridgehead atoms. The standard InChI is InChI=1S/C12H14O2.CH4/c1-2-10-5-7-11(8-6-10)12(14)4-3-9-13;/h5-9H,2-4H2,1H3;1H4. The molecule has 1 aromatic rings. The van der Waals surface area contributed by atoms with E-state index in [2.05, 4.69) is 6.92 Å². The molecule has 82 valence electrons. The average molecular weight is 206 g/mol. The Bertz CT molecular complexity index is 312. The van der Waals surface area contributed by atoms with E-state index >= 15 is 0 Å². The van der Waals surface area contributed by atoms with Gasteiger partial charge in [-0.05, 0) is 12.0 Å². The molecule has 0 radical (unpaired) electrons. The molecule has 0 spiro atoms. The SMILES string of the molecule is C.CCc1ccc(C(=O)CCC=O)cc1. The molecule has 0 atom stereocenters. The summed E-state index contributed by atoms with van der Waals surface area (Å²) >= 11 is 0. The molecule has 0 aliphatic rings. The number of Topliss-reactive ketones (excluding diaryl/α,β-unsaturated/α-hetero) is 1. The maximum Gasteiger partial charge on any atom is 0.163 e. The van der Waals surface area contributed by atoms with Gasteiger partial charge in [0.15, 0.2) is 5.78 Å². The number of aldehydes is 1. The van der Waals surface area contributed by atoms with Crippen molar-refractivity contribution in [2.45, 2.75) is 33.6 Å². The minimum Gasteiger partial charge on any atom is -0.303 e. The van der Waals surface area contributed by atoms with E-state index in [1.54, 1.807) is 0 Å². The van der Waals surface area contributed by atoms with Gasteiger partial charge in [0.05, 0.1) is 0 Å². The third-order valence-corrected chi connectivity index (χ3v) is 2.17. The normalized spacial score (nSPS) is 9.13. The lowest BCUT2D eigenvalue weighted by molar-refractivity contribution is -0.107. The summed E-state index contributed by atoms with van der Waals surface area (Å²) in [6, 6.07) is 7.56. The van der Waals surface area contributed by atoms with Gasteiger partial charge < -0.3 is 4.79 Å². The Morgan fingerprint density at radius 3 is 2.33 bits per heavy atom. The maximum atomic E-state index is 11.4. The van der Waals surface area contributed by atoms with Crippen LogP contribution in [0.5, 0.6) is 0 Å². The van der Waals surface area contributed by atoms with Gasteiger partial charge in [0.25, 0.3) is 0 Å². The average Bonchev–Trinajstić information content (AvgIpc) is 2.26. The van der Waals surface area contributed by atoms with Gasteiger partial charge in [-0.3, -0.25) is 4.79 Å². The van der Waals surface area contributed by atoms with Crippen molar-refractivity contribution < 1.29 is 9.59 Å². The lowest BCUT2D eigenvalue weighted by atomic mass is 10.0. The van der Waals surface area contributed by atoms with Crippen molar-refractivity contribution in [2.75, 3.05) is 0 Å². The van der Waals surface area contributed by atoms with Crippen LogP contribution in [-0.2, 0) is 11.2 Å². The highest BCUT2D eigenvalue weighted by Gasteiger charge is 2.04. The van der Waals surface area contributed by atoms with E-state index in [9.17, 15) is 9.59 Å². The van der Waals surface area contributed by atoms with E-state index in [0.717, 1.165) is 12.7 Å². The number of hydrogen-bond donors (Lipinski definition) is 0. The third kappa shape index (κ3) is 4.07. The smallest absolute Gasteiger partial charge is 0.163 e. The molecule has 0 aliphatic carbocycles. The molecule has 0 aliphatic heterocycles. The van der Waals surface area contributed by atoms with Crippen molar-refractivity contribution in [3.8, 4) is 0 Å². The van der Waals surface area contributed by atoms with Crippen LogP contribution >= 0.6 is 0 Å². The van der Waals surface area contributed by atoms with Gasteiger partial charge in [0.2, 0.25) is 0 Å². The number of carbonyl (C=O) groups is 2. The van der Waals surface area contributed by atoms with E-state index in [0.29, 0.717) is 18.4 Å². The van der Waals surface area contributed by atoms with E-state index in [-0.39, 0.29) is 13.2 Å². The summed E-state index contributed by atoms with van der Waals surface area (Å²) in [5, 5.41) is 0. The molecule has 0 amide bonds. The molecule has 0 heterocycles. The van der Waals surface area contributed by atoms with Crippen molar-refractivity contribution >= 4 is 12.1 Å². The molecule has 0 N–H and O–H groups in total. The van der Waals surface area contributed by atoms with Gasteiger partial charge in [0.1, 0.15) is 6.29 Å². The minimum atomic E-state index is 0. The molecular weight excluding hydrogens is 188 g/mol. The monoisotopic (exact) mass is 206 g/mol. The van der Waals surface area contributed by atoms with Crippen LogP contribution in [0.4, 0.5) is 0 Å². The first-order valence-electron chi connectivity index (χ1n) is 4.83. The number of aryl methyl sites for hydroxylation is 1. The van der Waals surface area contributed by atoms with Gasteiger partial charge >= 0.3 is 0 Å². The lowest BCUT2D eigenvalue weighted by Crippen LogP contribution is -1.99. The van der Waals surface area contributed by atoms with Crippen molar-refractivity contribution in [3.05, 3.63) is 35.4 Å². The van der Waals surface area contributed by atoms with Gasteiger partial charge in [0, 0.05) is 18.4 Å². The summed E-state index contributed by atoms with van der Waals surface area (Å²) < 4.78 is 0. The number of ketones is 1. The highest BCUT2D eigenvalue weighted by atomic mass is 16.1. The molecule has 0 saturated heterocycles. The fraction of sp³-hybridized carbons (Fsp3) is 0.385. The first-order valence-corrected chi connectivity index (χ1v) is 4.83. The number of rotatable bonds is 5. The van der Waals surface area contributed by atoms with Crippen molar-refractivity contribution in [1.29, 1.82) is 0 Å². The van der Waals surface area contributed by atoms with Crippen LogP contribution in [0, 0.1) is 0 Å². The summed E-state index contributed by atoms with van der Waals surface area (Å²) in [5.74, 6) is 0.0414. The van der Waals surface area contributed by atoms with E-state index in [4.69, 9.17) is 0 Å². The molecule has 2 heteroatoms. The fourth-order valence-corrected chi connectivity index (χ4v) is 1.26. The summed E-state index contributed by atoms with van der Waals surface area (Å²) in [6.07, 6.45) is 2.38. The summed E-state index contributed by atoms with van der Waals surface area (Å²) in [5.41, 5.74) is 1.92. The van der Waals surface area contributed by atoms with E-state index in [1.165, 1.54) is 5.56 Å². The van der Waals surface area contributed by atoms with Crippen LogP contribution in [0.25, 0.3) is 0 Å². The van der Waals surface area contributed by atoms with Crippen molar-refractivity contribution in [3.63, 3.8) is 0 Å². The first kappa shape index (κ1) is 13.6. The predicted octanol–water partition coefficient (Wildman–Crippen LogP) is 3.05. The Morgan fingerprint density at radius 1 is 1.27 bits per heavy atom. The van der Waals surface area contributed by atoms with E-state index in [1.807, 2.05) is 24.3 Å². The molecule has 0 aromatic heterocycles. The van der Waals surface area contributed by atoms with Crippen LogP contribution in [0.1, 0.15) is 43.1 Å². The van der Waals surface area contributed by atoms with Crippen molar-refractivity contribution in [2.24, 2.45) is 0 Å². The second-order valence-corrected chi connectivity index (χ2v) is 3.18. The summed E-state index contributed by atoms with van der Waals surface area (Å²) in [6.45, 7) is 2.07. The molecule has 0 unspecified atom stereocenters. The highest BCUT2D eigenvalue weighted by Crippen LogP contribution is 2.08. The van der Waals surface area contributed by atoms with Gasteiger partial charge in [-0.25, -0.2) is 0 Å². The minimum absolute atomic E-state index is 0. The van der Waals surface area contributed by atoms with Gasteiger partial charge in [-0.2, -0.15) is 0 Å². The highest BCUT2D eigenvalue weighted by molar-refractivity contribution is 5.96. The molecule has 2 nitrogen and oxygen atoms in total. The second-order valence-electron chi connectivity index (χ2n) is 3.18. The Hall–Kier alpha value is -1.44. The Balaban J connectivity index is 0.00000196. The van der Waals surface area contributed by atoms with Gasteiger partial charge in [-0.1, -0.05) is 38.6 Å². The molecule has 1 rings (SSSR count). The van der Waals surface area contributed by atoms with Crippen LogP contribution < -0.4 is 0 Å². The molecule has 15 heavy (non-hydrogen) atoms. The zero-order valence-electron chi connectivity index (χ0n) is 8.32. The van der Waals surface area contributed by atoms with Crippen LogP contribution in [0.2, 0.25) is 0 Å². The quantitative estimate of drug-likeness (QED) is 0.548. The molecule has 1 aromatic carbocycles. The summed E-state index contributed by atoms with van der Waals surface area (Å²) in [4.78, 5) is 21.5. The Morgan fingerprint density at radius 2 is 1.87 bits per heavy atom. The van der Waals surface area contributed by atoms with E-state index < -0.39 is 0 Å². The fourth-order valence-electron chi connectivity index (χ4n) is 1.26. The largest absolute Gasteiger partial charge is 0.303 e. The van der Waals surface area contributed by atoms with Crippen LogP contribution in [0.3, 0.4) is 0 Å². The summed E-state index contributed by atoms with van der Waals surface area (Å²) in [7, 11) is 0. The number of carbonyl (C=O) groups excluding carboxylic acids is 2. The topological polar surface area (TPSA) is 34.1 Å². The first-order chi connectivity index (χ1) is 6.77. The van der Waals surface area contributed by atoms with Crippen LogP contribution in [0.15, 0.2) is 24.3 Å². The molecule has 0 fully saturated rings. The molecule has 0 saturated carbocycles. The van der Waals surface area contributed by atoms with Gasteiger partial charge in [-0.15, -0.1) is 0 Å².